The van der Waals surface area contributed by atoms with E-state index in [4.69, 9.17) is 9.84 Å². The summed E-state index contributed by atoms with van der Waals surface area (Å²) in [7, 11) is 0. The second kappa shape index (κ2) is 6.86. The zero-order valence-electron chi connectivity index (χ0n) is 11.1. The second-order valence-electron chi connectivity index (χ2n) is 5.29. The van der Waals surface area contributed by atoms with Gasteiger partial charge in [-0.1, -0.05) is 0 Å². The highest BCUT2D eigenvalue weighted by molar-refractivity contribution is 5.78. The SMILES string of the molecule is O=C(O)C1CN(C(=O)CCC2CCCNC2)CCO1. The Kier molecular flexibility index (Phi) is 5.15. The number of nitrogens with zero attached hydrogens (tertiary/aromatic N) is 1. The van der Waals surface area contributed by atoms with Gasteiger partial charge in [-0.2, -0.15) is 0 Å². The lowest BCUT2D eigenvalue weighted by atomic mass is 9.94. The summed E-state index contributed by atoms with van der Waals surface area (Å²) >= 11 is 0. The molecule has 6 heteroatoms. The highest BCUT2D eigenvalue weighted by Gasteiger charge is 2.29. The lowest BCUT2D eigenvalue weighted by molar-refractivity contribution is -0.159. The van der Waals surface area contributed by atoms with Crippen molar-refractivity contribution in [3.8, 4) is 0 Å². The summed E-state index contributed by atoms with van der Waals surface area (Å²) in [5.41, 5.74) is 0. The minimum absolute atomic E-state index is 0.0557. The molecule has 2 saturated heterocycles. The van der Waals surface area contributed by atoms with E-state index in [0.29, 0.717) is 25.5 Å². The molecule has 0 bridgehead atoms. The van der Waals surface area contributed by atoms with Crippen LogP contribution >= 0.6 is 0 Å². The van der Waals surface area contributed by atoms with Gasteiger partial charge in [0.15, 0.2) is 6.10 Å². The number of morpholine rings is 1. The van der Waals surface area contributed by atoms with Crippen molar-refractivity contribution in [3.63, 3.8) is 0 Å². The van der Waals surface area contributed by atoms with Gasteiger partial charge in [0, 0.05) is 13.0 Å². The van der Waals surface area contributed by atoms with Gasteiger partial charge in [0.1, 0.15) is 0 Å². The number of carboxylic acid groups (broad SMARTS) is 1. The number of hydrogen-bond donors (Lipinski definition) is 2. The summed E-state index contributed by atoms with van der Waals surface area (Å²) in [6.45, 7) is 3.07. The van der Waals surface area contributed by atoms with Gasteiger partial charge in [0.25, 0.3) is 0 Å². The highest BCUT2D eigenvalue weighted by Crippen LogP contribution is 2.17. The summed E-state index contributed by atoms with van der Waals surface area (Å²) < 4.78 is 5.11. The first-order chi connectivity index (χ1) is 9.16. The quantitative estimate of drug-likeness (QED) is 0.756. The van der Waals surface area contributed by atoms with Crippen molar-refractivity contribution in [2.24, 2.45) is 5.92 Å². The zero-order chi connectivity index (χ0) is 13.7. The van der Waals surface area contributed by atoms with Crippen LogP contribution in [-0.4, -0.2) is 60.8 Å². The third-order valence-corrected chi connectivity index (χ3v) is 3.86. The Morgan fingerprint density at radius 2 is 2.26 bits per heavy atom. The van der Waals surface area contributed by atoms with E-state index >= 15 is 0 Å². The van der Waals surface area contributed by atoms with Crippen LogP contribution in [-0.2, 0) is 14.3 Å². The molecule has 2 N–H and O–H groups in total. The van der Waals surface area contributed by atoms with Crippen LogP contribution in [0.15, 0.2) is 0 Å². The predicted molar refractivity (Wildman–Crippen MR) is 68.8 cm³/mol. The molecule has 19 heavy (non-hydrogen) atoms. The highest BCUT2D eigenvalue weighted by atomic mass is 16.5. The summed E-state index contributed by atoms with van der Waals surface area (Å²) in [6, 6.07) is 0. The van der Waals surface area contributed by atoms with Gasteiger partial charge >= 0.3 is 5.97 Å². The van der Waals surface area contributed by atoms with Crippen molar-refractivity contribution in [2.75, 3.05) is 32.8 Å². The Morgan fingerprint density at radius 1 is 1.42 bits per heavy atom. The van der Waals surface area contributed by atoms with Crippen LogP contribution < -0.4 is 5.32 Å². The molecule has 0 radical (unpaired) electrons. The molecule has 2 fully saturated rings. The number of ether oxygens (including phenoxy) is 1. The first-order valence-electron chi connectivity index (χ1n) is 6.99. The van der Waals surface area contributed by atoms with Gasteiger partial charge in [-0.15, -0.1) is 0 Å². The van der Waals surface area contributed by atoms with E-state index in [1.54, 1.807) is 4.90 Å². The lowest BCUT2D eigenvalue weighted by Crippen LogP contribution is -2.48. The van der Waals surface area contributed by atoms with Crippen LogP contribution in [0.3, 0.4) is 0 Å². The Morgan fingerprint density at radius 3 is 2.95 bits per heavy atom. The molecule has 2 heterocycles. The van der Waals surface area contributed by atoms with Crippen LogP contribution in [0.4, 0.5) is 0 Å². The molecular formula is C13H22N2O4. The number of hydrogen-bond acceptors (Lipinski definition) is 4. The minimum atomic E-state index is -0.992. The number of amides is 1. The zero-order valence-corrected chi connectivity index (χ0v) is 11.1. The van der Waals surface area contributed by atoms with Crippen molar-refractivity contribution in [2.45, 2.75) is 31.8 Å². The maximum Gasteiger partial charge on any atom is 0.334 e. The fraction of sp³-hybridized carbons (Fsp3) is 0.846. The molecule has 1 amide bonds. The van der Waals surface area contributed by atoms with Crippen molar-refractivity contribution in [1.82, 2.24) is 10.2 Å². The maximum absolute atomic E-state index is 12.1. The van der Waals surface area contributed by atoms with Crippen molar-refractivity contribution >= 4 is 11.9 Å². The fourth-order valence-corrected chi connectivity index (χ4v) is 2.68. The van der Waals surface area contributed by atoms with Crippen molar-refractivity contribution < 1.29 is 19.4 Å². The second-order valence-corrected chi connectivity index (χ2v) is 5.29. The van der Waals surface area contributed by atoms with E-state index in [2.05, 4.69) is 5.32 Å². The van der Waals surface area contributed by atoms with Gasteiger partial charge in [-0.3, -0.25) is 4.79 Å². The molecule has 0 spiro atoms. The Labute approximate surface area is 113 Å². The largest absolute Gasteiger partial charge is 0.479 e. The molecule has 2 aliphatic rings. The average molecular weight is 270 g/mol. The molecule has 0 aromatic rings. The smallest absolute Gasteiger partial charge is 0.334 e. The minimum Gasteiger partial charge on any atom is -0.479 e. The van der Waals surface area contributed by atoms with Crippen LogP contribution in [0.5, 0.6) is 0 Å². The summed E-state index contributed by atoms with van der Waals surface area (Å²) in [5.74, 6) is -0.358. The Bertz CT molecular complexity index is 329. The topological polar surface area (TPSA) is 78.9 Å². The normalized spacial score (nSPS) is 28.1. The summed E-state index contributed by atoms with van der Waals surface area (Å²) in [6.07, 6.45) is 2.90. The van der Waals surface area contributed by atoms with E-state index in [9.17, 15) is 9.59 Å². The van der Waals surface area contributed by atoms with Gasteiger partial charge in [0.2, 0.25) is 5.91 Å². The number of rotatable bonds is 4. The number of aliphatic carboxylic acids is 1. The van der Waals surface area contributed by atoms with Crippen LogP contribution in [0.2, 0.25) is 0 Å². The standard InChI is InChI=1S/C13H22N2O4/c16-12(4-3-10-2-1-5-14-8-10)15-6-7-19-11(9-15)13(17)18/h10-11,14H,1-9H2,(H,17,18). The number of carboxylic acids is 1. The van der Waals surface area contributed by atoms with Crippen molar-refractivity contribution in [1.29, 1.82) is 0 Å². The molecule has 0 saturated carbocycles. The number of piperidine rings is 1. The molecule has 0 aromatic carbocycles. The van der Waals surface area contributed by atoms with Gasteiger partial charge in [-0.05, 0) is 38.3 Å². The van der Waals surface area contributed by atoms with E-state index in [1.165, 1.54) is 12.8 Å². The Balaban J connectivity index is 1.74. The molecule has 2 atom stereocenters. The maximum atomic E-state index is 12.1. The van der Waals surface area contributed by atoms with Gasteiger partial charge < -0.3 is 20.1 Å². The predicted octanol–water partition coefficient (Wildman–Crippen LogP) is 0.0782. The number of carbonyl (C=O) groups is 2. The molecule has 0 aliphatic carbocycles. The Hall–Kier alpha value is -1.14. The van der Waals surface area contributed by atoms with E-state index < -0.39 is 12.1 Å². The molecule has 108 valence electrons. The number of carbonyl (C=O) groups excluding carboxylic acids is 1. The average Bonchev–Trinajstić information content (AvgIpc) is 2.46. The van der Waals surface area contributed by atoms with Crippen molar-refractivity contribution in [3.05, 3.63) is 0 Å². The summed E-state index contributed by atoms with van der Waals surface area (Å²) in [5, 5.41) is 12.2. The van der Waals surface area contributed by atoms with E-state index in [1.807, 2.05) is 0 Å². The molecule has 0 aromatic heterocycles. The van der Waals surface area contributed by atoms with Crippen LogP contribution in [0, 0.1) is 5.92 Å². The van der Waals surface area contributed by atoms with E-state index in [-0.39, 0.29) is 12.5 Å². The van der Waals surface area contributed by atoms with E-state index in [0.717, 1.165) is 19.5 Å². The third-order valence-electron chi connectivity index (χ3n) is 3.86. The summed E-state index contributed by atoms with van der Waals surface area (Å²) in [4.78, 5) is 24.5. The number of nitrogens with one attached hydrogen (secondary N) is 1. The fourth-order valence-electron chi connectivity index (χ4n) is 2.68. The molecule has 2 aliphatic heterocycles. The van der Waals surface area contributed by atoms with Crippen LogP contribution in [0.1, 0.15) is 25.7 Å². The van der Waals surface area contributed by atoms with Gasteiger partial charge in [0.05, 0.1) is 13.2 Å². The molecular weight excluding hydrogens is 248 g/mol. The lowest BCUT2D eigenvalue weighted by Gasteiger charge is -2.31. The monoisotopic (exact) mass is 270 g/mol. The molecule has 2 rings (SSSR count). The first-order valence-corrected chi connectivity index (χ1v) is 6.99. The third kappa shape index (κ3) is 4.18. The first kappa shape index (κ1) is 14.3. The van der Waals surface area contributed by atoms with Crippen LogP contribution in [0.25, 0.3) is 0 Å². The molecule has 2 unspecified atom stereocenters. The van der Waals surface area contributed by atoms with Gasteiger partial charge in [-0.25, -0.2) is 4.79 Å². The molecule has 6 nitrogen and oxygen atoms in total.